The number of benzene rings is 4. The fraction of sp³-hybridized carbons (Fsp3) is 0.645. The highest BCUT2D eigenvalue weighted by Gasteiger charge is 2.38. The van der Waals surface area contributed by atoms with Gasteiger partial charge in [-0.3, -0.25) is 10.2 Å². The number of aryl methyl sites for hydroxylation is 7. The van der Waals surface area contributed by atoms with Crippen LogP contribution in [-0.2, 0) is 75.2 Å². The summed E-state index contributed by atoms with van der Waals surface area (Å²) < 4.78 is 11.7. The fourth-order valence-electron chi connectivity index (χ4n) is 10.3. The molecule has 0 radical (unpaired) electrons. The van der Waals surface area contributed by atoms with Gasteiger partial charge in [-0.15, -0.1) is 0 Å². The van der Waals surface area contributed by atoms with Gasteiger partial charge in [0.1, 0.15) is 12.0 Å². The summed E-state index contributed by atoms with van der Waals surface area (Å²) in [5.41, 5.74) is 15.2. The lowest BCUT2D eigenvalue weighted by Gasteiger charge is -2.29. The highest BCUT2D eigenvalue weighted by atomic mass is 127. The second-order valence-corrected chi connectivity index (χ2v) is 24.9. The van der Waals surface area contributed by atoms with Crippen molar-refractivity contribution < 1.29 is 39.2 Å². The zero-order chi connectivity index (χ0) is 64.3. The van der Waals surface area contributed by atoms with Crippen LogP contribution in [0.1, 0.15) is 259 Å². The van der Waals surface area contributed by atoms with Crippen LogP contribution in [0.4, 0.5) is 0 Å². The Kier molecular flexibility index (Phi) is 55.3. The molecule has 4 rings (SSSR count). The first-order chi connectivity index (χ1) is 42.4. The number of aliphatic hydroxyl groups excluding tert-OH is 3. The third-order valence-electron chi connectivity index (χ3n) is 16.4. The Hall–Kier alpha value is -4.23. The largest absolute Gasteiger partial charge is 0.483 e. The second kappa shape index (κ2) is 58.2. The van der Waals surface area contributed by atoms with Gasteiger partial charge in [0.25, 0.3) is 0 Å². The maximum Gasteiger partial charge on any atom is 0.373 e. The lowest BCUT2D eigenvalue weighted by Crippen LogP contribution is -2.47. The molecule has 0 aliphatic heterocycles. The van der Waals surface area contributed by atoms with E-state index in [-0.39, 0.29) is 38.5 Å². The molecule has 4 aromatic carbocycles. The summed E-state index contributed by atoms with van der Waals surface area (Å²) in [6.07, 6.45) is 43.8. The molecule has 1 atom stereocenters. The molecular formula is C76H123IN2O8. The molecule has 11 heteroatoms. The molecule has 0 heterocycles. The summed E-state index contributed by atoms with van der Waals surface area (Å²) in [4.78, 5) is 28.8. The summed E-state index contributed by atoms with van der Waals surface area (Å²) in [5, 5.41) is 34.4. The zero-order valence-electron chi connectivity index (χ0n) is 55.6. The minimum atomic E-state index is -0.864. The summed E-state index contributed by atoms with van der Waals surface area (Å²) in [6, 6.07) is 35.4. The number of carbonyl (C=O) groups is 1. The van der Waals surface area contributed by atoms with Gasteiger partial charge in [-0.05, 0) is 148 Å². The van der Waals surface area contributed by atoms with Crippen molar-refractivity contribution in [1.29, 1.82) is 5.41 Å². The van der Waals surface area contributed by atoms with Crippen molar-refractivity contribution in [1.82, 2.24) is 0 Å². The molecule has 0 aromatic heterocycles. The van der Waals surface area contributed by atoms with Crippen LogP contribution < -0.4 is 5.73 Å². The van der Waals surface area contributed by atoms with Crippen molar-refractivity contribution in [3.8, 4) is 0 Å². The van der Waals surface area contributed by atoms with Gasteiger partial charge >= 0.3 is 12.1 Å². The van der Waals surface area contributed by atoms with E-state index in [1.165, 1.54) is 222 Å². The van der Waals surface area contributed by atoms with Crippen molar-refractivity contribution in [3.05, 3.63) is 142 Å². The van der Waals surface area contributed by atoms with Gasteiger partial charge in [-0.25, -0.2) is 0 Å². The molecule has 0 amide bonds. The van der Waals surface area contributed by atoms with E-state index >= 15 is 0 Å². The molecule has 1 unspecified atom stereocenters. The van der Waals surface area contributed by atoms with Crippen LogP contribution in [0.3, 0.4) is 0 Å². The van der Waals surface area contributed by atoms with Gasteiger partial charge in [0.15, 0.2) is 6.40 Å². The number of nitrogens with two attached hydrogens (primary N) is 1. The molecule has 87 heavy (non-hydrogen) atoms. The number of esters is 1. The Balaban J connectivity index is 0.00000114. The minimum absolute atomic E-state index is 0.181. The molecular weight excluding hydrogens is 1200 g/mol. The van der Waals surface area contributed by atoms with Gasteiger partial charge in [-0.1, -0.05) is 283 Å². The second-order valence-electron chi connectivity index (χ2n) is 23.8. The summed E-state index contributed by atoms with van der Waals surface area (Å²) in [7, 11) is 0. The molecule has 0 saturated carbocycles. The quantitative estimate of drug-likeness (QED) is 0.00719. The van der Waals surface area contributed by atoms with E-state index in [1.807, 2.05) is 13.8 Å². The molecule has 492 valence electrons. The third-order valence-corrected chi connectivity index (χ3v) is 17.0. The van der Waals surface area contributed by atoms with E-state index in [0.29, 0.717) is 25.9 Å². The number of alkyl halides is 1. The van der Waals surface area contributed by atoms with Gasteiger partial charge in [0, 0.05) is 11.0 Å². The van der Waals surface area contributed by atoms with Crippen LogP contribution in [0.15, 0.2) is 97.1 Å². The Morgan fingerprint density at radius 1 is 0.460 bits per heavy atom. The first-order valence-corrected chi connectivity index (χ1v) is 35.7. The predicted molar refractivity (Wildman–Crippen MR) is 374 cm³/mol. The van der Waals surface area contributed by atoms with Crippen molar-refractivity contribution in [3.63, 3.8) is 0 Å². The van der Waals surface area contributed by atoms with Gasteiger partial charge in [-0.2, -0.15) is 9.59 Å². The Morgan fingerprint density at radius 2 is 0.736 bits per heavy atom. The SMILES string of the molecule is CCCCCCCCc1ccc(CCC(CC)(COC=N)C(=O)OCC)cc1.CCCCCCCCc1ccc(CCC(N)(CO)CO)cc1.CCCCCCCCc1ccc(CCI)cc1.CCCCCCCCc1ccc(CCO)cc1.O=C=O. The van der Waals surface area contributed by atoms with Gasteiger partial charge in [0.2, 0.25) is 0 Å². The third kappa shape index (κ3) is 44.0. The molecule has 4 aromatic rings. The summed E-state index contributed by atoms with van der Waals surface area (Å²) >= 11 is 2.44. The topological polar surface area (TPSA) is 180 Å². The van der Waals surface area contributed by atoms with Crippen LogP contribution >= 0.6 is 22.6 Å². The smallest absolute Gasteiger partial charge is 0.373 e. The number of hydrogen-bond donors (Lipinski definition) is 5. The highest BCUT2D eigenvalue weighted by Crippen LogP contribution is 2.31. The standard InChI is InChI=1S/C24H39NO3.C19H33NO2.C16H25I.C16H26O.CO2/c1-4-7-8-9-10-11-12-21-13-15-22(16-14-21)17-18-24(5-2,19-27-20-25)23(26)28-6-3;1-2-3-4-5-6-7-8-17-9-11-18(12-10-17)13-14-19(20,15-21)16-22;2*1-2-3-4-5-6-7-8-15-9-11-16(12-10-15)13-14-17;2-1-3/h13-16,20,25H,4-12,17-19H2,1-3H3;9-12,21-22H,2-8,13-16,20H2,1H3;9-12H,2-8,13-14H2,1H3;9-12,17H,2-8,13-14H2,1H3;. The molecule has 0 saturated heterocycles. The van der Waals surface area contributed by atoms with E-state index in [0.717, 1.165) is 38.5 Å². The Labute approximate surface area is 544 Å². The number of hydrogen-bond acceptors (Lipinski definition) is 10. The van der Waals surface area contributed by atoms with Crippen molar-refractivity contribution in [2.45, 2.75) is 272 Å². The average molecular weight is 1320 g/mol. The molecule has 0 spiro atoms. The molecule has 0 aliphatic carbocycles. The monoisotopic (exact) mass is 1320 g/mol. The first kappa shape index (κ1) is 82.8. The number of carbonyl (C=O) groups excluding carboxylic acids is 3. The molecule has 0 aliphatic rings. The fourth-order valence-corrected chi connectivity index (χ4v) is 10.9. The average Bonchev–Trinajstić information content (AvgIpc) is 3.18. The predicted octanol–water partition coefficient (Wildman–Crippen LogP) is 18.4. The zero-order valence-corrected chi connectivity index (χ0v) is 57.8. The first-order valence-electron chi connectivity index (χ1n) is 34.2. The maximum atomic E-state index is 12.5. The Morgan fingerprint density at radius 3 is 1.00 bits per heavy atom. The van der Waals surface area contributed by atoms with Crippen LogP contribution in [0.2, 0.25) is 0 Å². The number of ether oxygens (including phenoxy) is 2. The van der Waals surface area contributed by atoms with Crippen molar-refractivity contribution in [2.24, 2.45) is 11.1 Å². The van der Waals surface area contributed by atoms with Crippen molar-refractivity contribution >= 4 is 41.1 Å². The maximum absolute atomic E-state index is 12.5. The Bertz CT molecular complexity index is 2130. The highest BCUT2D eigenvalue weighted by molar-refractivity contribution is 14.1. The summed E-state index contributed by atoms with van der Waals surface area (Å²) in [5.74, 6) is -0.223. The van der Waals surface area contributed by atoms with Crippen LogP contribution in [0.25, 0.3) is 0 Å². The molecule has 0 fully saturated rings. The molecule has 10 nitrogen and oxygen atoms in total. The van der Waals surface area contributed by atoms with E-state index in [2.05, 4.69) is 147 Å². The number of halogens is 1. The lowest BCUT2D eigenvalue weighted by molar-refractivity contribution is -0.191. The van der Waals surface area contributed by atoms with Gasteiger partial charge in [0.05, 0.1) is 25.4 Å². The number of nitrogens with one attached hydrogen (secondary N) is 1. The van der Waals surface area contributed by atoms with Crippen LogP contribution in [0, 0.1) is 10.8 Å². The van der Waals surface area contributed by atoms with E-state index in [4.69, 9.17) is 35.3 Å². The van der Waals surface area contributed by atoms with Gasteiger partial charge < -0.3 is 30.5 Å². The van der Waals surface area contributed by atoms with Crippen molar-refractivity contribution in [2.75, 3.05) is 37.5 Å². The molecule has 6 N–H and O–H groups in total. The number of unbranched alkanes of at least 4 members (excludes halogenated alkanes) is 20. The molecule has 0 bridgehead atoms. The summed E-state index contributed by atoms with van der Waals surface area (Å²) in [6.45, 7) is 13.3. The van der Waals surface area contributed by atoms with E-state index in [1.54, 1.807) is 0 Å². The van der Waals surface area contributed by atoms with E-state index in [9.17, 15) is 15.0 Å². The number of rotatable bonds is 46. The van der Waals surface area contributed by atoms with Crippen LogP contribution in [-0.4, -0.2) is 76.8 Å². The van der Waals surface area contributed by atoms with E-state index < -0.39 is 11.0 Å². The normalized spacial score (nSPS) is 11.4. The van der Waals surface area contributed by atoms with Crippen LogP contribution in [0.5, 0.6) is 0 Å². The lowest BCUT2D eigenvalue weighted by atomic mass is 9.80. The minimum Gasteiger partial charge on any atom is -0.483 e. The number of aliphatic hydroxyl groups is 3.